The summed E-state index contributed by atoms with van der Waals surface area (Å²) >= 11 is 0. The molecule has 5 aromatic rings. The van der Waals surface area contributed by atoms with Crippen molar-refractivity contribution in [2.24, 2.45) is 0 Å². The molecule has 5 aromatic carbocycles. The minimum absolute atomic E-state index is 0.185. The first-order valence-electron chi connectivity index (χ1n) is 14.0. The van der Waals surface area contributed by atoms with Crippen molar-refractivity contribution >= 4 is 11.9 Å². The van der Waals surface area contributed by atoms with Crippen LogP contribution in [0.3, 0.4) is 0 Å². The van der Waals surface area contributed by atoms with Gasteiger partial charge in [-0.2, -0.15) is 0 Å². The van der Waals surface area contributed by atoms with Gasteiger partial charge in [-0.3, -0.25) is 0 Å². The Labute approximate surface area is 238 Å². The number of hydrogen-bond donors (Lipinski definition) is 0. The van der Waals surface area contributed by atoms with E-state index in [9.17, 15) is 9.59 Å². The molecule has 0 aromatic heterocycles. The third-order valence-corrected chi connectivity index (χ3v) is 9.36. The first kappa shape index (κ1) is 23.9. The van der Waals surface area contributed by atoms with Crippen molar-refractivity contribution in [1.82, 2.24) is 0 Å². The van der Waals surface area contributed by atoms with Crippen molar-refractivity contribution in [3.63, 3.8) is 0 Å². The van der Waals surface area contributed by atoms with E-state index in [1.165, 1.54) is 11.1 Å². The number of hydrogen-bond acceptors (Lipinski definition) is 4. The molecule has 0 bridgehead atoms. The minimum Gasteiger partial charge on any atom is -0.454 e. The summed E-state index contributed by atoms with van der Waals surface area (Å²) in [5.74, 6) is -1.05. The highest BCUT2D eigenvalue weighted by molar-refractivity contribution is 5.92. The Morgan fingerprint density at radius 2 is 0.951 bits per heavy atom. The van der Waals surface area contributed by atoms with E-state index in [4.69, 9.17) is 9.47 Å². The van der Waals surface area contributed by atoms with E-state index in [0.717, 1.165) is 16.7 Å². The van der Waals surface area contributed by atoms with Crippen LogP contribution >= 0.6 is 0 Å². The van der Waals surface area contributed by atoms with Crippen molar-refractivity contribution in [2.75, 3.05) is 0 Å². The van der Waals surface area contributed by atoms with Gasteiger partial charge in [0.2, 0.25) is 0 Å². The number of rotatable bonds is 5. The van der Waals surface area contributed by atoms with Gasteiger partial charge in [0.05, 0.1) is 16.5 Å². The fourth-order valence-corrected chi connectivity index (χ4v) is 8.03. The lowest BCUT2D eigenvalue weighted by Crippen LogP contribution is -2.66. The van der Waals surface area contributed by atoms with E-state index >= 15 is 0 Å². The second kappa shape index (κ2) is 8.77. The standard InChI is InChI=1S/C37H26O4/c38-34(24-14-4-1-5-15-24)40-32-31-27-20-10-11-21-28(27)37(31)30-23-13-12-22-29(30)36(37,26-18-8-3-9-19-26)33(32)41-35(39)25-16-6-2-7-17-25/h1-23,31-33H/t31?,32?,33?,36-,37+/m0/s1. The first-order valence-corrected chi connectivity index (χ1v) is 14.0. The highest BCUT2D eigenvalue weighted by Crippen LogP contribution is 2.80. The molecule has 3 unspecified atom stereocenters. The molecule has 0 saturated heterocycles. The van der Waals surface area contributed by atoms with E-state index in [2.05, 4.69) is 48.5 Å². The Bertz CT molecular complexity index is 1800. The molecule has 4 heteroatoms. The van der Waals surface area contributed by atoms with Gasteiger partial charge in [0.1, 0.15) is 6.10 Å². The van der Waals surface area contributed by atoms with Gasteiger partial charge in [0.25, 0.3) is 0 Å². The summed E-state index contributed by atoms with van der Waals surface area (Å²) < 4.78 is 13.1. The largest absolute Gasteiger partial charge is 0.454 e. The molecule has 41 heavy (non-hydrogen) atoms. The molecule has 3 aliphatic carbocycles. The lowest BCUT2D eigenvalue weighted by atomic mass is 9.36. The predicted molar refractivity (Wildman–Crippen MR) is 155 cm³/mol. The van der Waals surface area contributed by atoms with Gasteiger partial charge in [-0.1, -0.05) is 115 Å². The van der Waals surface area contributed by atoms with Crippen molar-refractivity contribution in [2.45, 2.75) is 29.0 Å². The first-order chi connectivity index (χ1) is 20.2. The molecule has 0 N–H and O–H groups in total. The van der Waals surface area contributed by atoms with Gasteiger partial charge in [-0.15, -0.1) is 0 Å². The van der Waals surface area contributed by atoms with Gasteiger partial charge in [0.15, 0.2) is 6.10 Å². The molecule has 3 aliphatic rings. The molecular formula is C37H26O4. The van der Waals surface area contributed by atoms with Crippen LogP contribution in [0.4, 0.5) is 0 Å². The molecule has 0 aliphatic heterocycles. The Kier molecular flexibility index (Phi) is 5.11. The lowest BCUT2D eigenvalue weighted by molar-refractivity contribution is -0.0406. The fourth-order valence-electron chi connectivity index (χ4n) is 8.03. The number of carbonyl (C=O) groups is 2. The van der Waals surface area contributed by atoms with Gasteiger partial charge >= 0.3 is 11.9 Å². The monoisotopic (exact) mass is 534 g/mol. The molecule has 0 heterocycles. The van der Waals surface area contributed by atoms with Crippen LogP contribution in [0.5, 0.6) is 0 Å². The molecule has 198 valence electrons. The van der Waals surface area contributed by atoms with E-state index in [-0.39, 0.29) is 5.92 Å². The molecule has 8 rings (SSSR count). The van der Waals surface area contributed by atoms with Crippen LogP contribution in [-0.2, 0) is 20.3 Å². The summed E-state index contributed by atoms with van der Waals surface area (Å²) in [5, 5.41) is 0. The smallest absolute Gasteiger partial charge is 0.338 e. The molecule has 5 atom stereocenters. The average molecular weight is 535 g/mol. The van der Waals surface area contributed by atoms with Gasteiger partial charge in [-0.25, -0.2) is 9.59 Å². The molecule has 1 spiro atoms. The Hall–Kier alpha value is -4.96. The maximum Gasteiger partial charge on any atom is 0.338 e. The third-order valence-electron chi connectivity index (χ3n) is 9.36. The normalized spacial score (nSPS) is 26.2. The topological polar surface area (TPSA) is 52.6 Å². The summed E-state index contributed by atoms with van der Waals surface area (Å²) in [6.45, 7) is 0. The highest BCUT2D eigenvalue weighted by atomic mass is 16.6. The molecule has 0 radical (unpaired) electrons. The fraction of sp³-hybridized carbons (Fsp3) is 0.135. The summed E-state index contributed by atoms with van der Waals surface area (Å²) in [4.78, 5) is 27.5. The SMILES string of the molecule is O=C(OC1C(OC(=O)c2ccccc2)[C@]2(c3ccccc3)c3ccccc3[C@@]23c2ccccc2C13)c1ccccc1. The van der Waals surface area contributed by atoms with Crippen LogP contribution < -0.4 is 0 Å². The molecule has 0 amide bonds. The second-order valence-corrected chi connectivity index (χ2v) is 11.0. The van der Waals surface area contributed by atoms with Gasteiger partial charge < -0.3 is 9.47 Å². The van der Waals surface area contributed by atoms with E-state index in [1.54, 1.807) is 24.3 Å². The van der Waals surface area contributed by atoms with E-state index in [1.807, 2.05) is 66.7 Å². The maximum atomic E-state index is 13.8. The van der Waals surface area contributed by atoms with E-state index in [0.29, 0.717) is 11.1 Å². The highest BCUT2D eigenvalue weighted by Gasteiger charge is 2.84. The van der Waals surface area contributed by atoms with Crippen molar-refractivity contribution < 1.29 is 19.1 Å². The van der Waals surface area contributed by atoms with Crippen molar-refractivity contribution in [1.29, 1.82) is 0 Å². The summed E-state index contributed by atoms with van der Waals surface area (Å²) in [6.07, 6.45) is -1.48. The molecule has 1 fully saturated rings. The zero-order valence-corrected chi connectivity index (χ0v) is 22.1. The van der Waals surface area contributed by atoms with Crippen LogP contribution in [0.1, 0.15) is 54.5 Å². The van der Waals surface area contributed by atoms with Crippen LogP contribution in [0, 0.1) is 0 Å². The summed E-state index contributed by atoms with van der Waals surface area (Å²) in [5.41, 5.74) is 5.36. The second-order valence-electron chi connectivity index (χ2n) is 11.0. The van der Waals surface area contributed by atoms with E-state index < -0.39 is 35.0 Å². The minimum atomic E-state index is -0.766. The Morgan fingerprint density at radius 1 is 0.488 bits per heavy atom. The van der Waals surface area contributed by atoms with Gasteiger partial charge in [0, 0.05) is 11.3 Å². The molecular weight excluding hydrogens is 508 g/mol. The molecule has 4 nitrogen and oxygen atoms in total. The predicted octanol–water partition coefficient (Wildman–Crippen LogP) is 6.83. The summed E-state index contributed by atoms with van der Waals surface area (Å²) in [7, 11) is 0. The van der Waals surface area contributed by atoms with Crippen molar-refractivity contribution in [3.8, 4) is 0 Å². The number of ether oxygens (including phenoxy) is 2. The average Bonchev–Trinajstić information content (AvgIpc) is 3.19. The number of fused-ring (bicyclic) bond motifs is 4. The zero-order valence-electron chi connectivity index (χ0n) is 22.1. The van der Waals surface area contributed by atoms with Crippen LogP contribution in [-0.4, -0.2) is 24.1 Å². The maximum absolute atomic E-state index is 13.8. The quantitative estimate of drug-likeness (QED) is 0.232. The lowest BCUT2D eigenvalue weighted by Gasteiger charge is -2.65. The van der Waals surface area contributed by atoms with Crippen LogP contribution in [0.15, 0.2) is 140 Å². The number of benzene rings is 5. The van der Waals surface area contributed by atoms with Crippen LogP contribution in [0.2, 0.25) is 0 Å². The summed E-state index contributed by atoms with van der Waals surface area (Å²) in [6, 6.07) is 45.1. The van der Waals surface area contributed by atoms with Gasteiger partial charge in [-0.05, 0) is 52.1 Å². The molecule has 1 saturated carbocycles. The Balaban J connectivity index is 1.38. The van der Waals surface area contributed by atoms with Crippen molar-refractivity contribution in [3.05, 3.63) is 178 Å². The number of esters is 2. The Morgan fingerprint density at radius 3 is 1.56 bits per heavy atom. The number of carbonyl (C=O) groups excluding carboxylic acids is 2. The zero-order chi connectivity index (χ0) is 27.6. The van der Waals surface area contributed by atoms with Crippen LogP contribution in [0.25, 0.3) is 0 Å². The third kappa shape index (κ3) is 2.94.